The molecule has 2 nitrogen and oxygen atoms in total. The van der Waals surface area contributed by atoms with E-state index in [0.717, 1.165) is 25.7 Å². The van der Waals surface area contributed by atoms with E-state index in [1.54, 1.807) is 0 Å². The molecular weight excluding hydrogens is 272 g/mol. The largest absolute Gasteiger partial charge is 0.367 e. The average Bonchev–Trinajstić information content (AvgIpc) is 2.83. The average molecular weight is 304 g/mol. The van der Waals surface area contributed by atoms with Gasteiger partial charge in [0.1, 0.15) is 0 Å². The summed E-state index contributed by atoms with van der Waals surface area (Å²) in [6.07, 6.45) is 11.9. The molecule has 0 radical (unpaired) electrons. The summed E-state index contributed by atoms with van der Waals surface area (Å²) in [6.45, 7) is 9.51. The Balaban J connectivity index is 2.13. The van der Waals surface area contributed by atoms with Gasteiger partial charge in [0.2, 0.25) is 0 Å². The lowest BCUT2D eigenvalue weighted by atomic mass is 9.74. The third-order valence-electron chi connectivity index (χ3n) is 5.24. The molecule has 4 atom stereocenters. The van der Waals surface area contributed by atoms with Gasteiger partial charge in [0, 0.05) is 5.92 Å². The highest BCUT2D eigenvalue weighted by Crippen LogP contribution is 2.41. The maximum Gasteiger partial charge on any atom is 0.161 e. The Morgan fingerprint density at radius 1 is 1.41 bits per heavy atom. The standard InChI is InChI=1S/C20H32O2/c1-14(2)7-5-9-16(4)18-12-11-15(3)8-6-10-17-13-22-20(21)19(17)18/h7-8,10,16,18-21H,5-6,9,11-13H2,1-4H3/b15-8+,17-10-/t16-,18+,19?,20?/m0/s1. The van der Waals surface area contributed by atoms with Crippen LogP contribution in [0.15, 0.2) is 34.9 Å². The number of aliphatic hydroxyl groups excluding tert-OH is 1. The van der Waals surface area contributed by atoms with E-state index >= 15 is 0 Å². The second kappa shape index (κ2) is 8.12. The van der Waals surface area contributed by atoms with Gasteiger partial charge in [-0.1, -0.05) is 36.3 Å². The van der Waals surface area contributed by atoms with Crippen molar-refractivity contribution in [3.05, 3.63) is 34.9 Å². The summed E-state index contributed by atoms with van der Waals surface area (Å²) in [5.41, 5.74) is 4.19. The van der Waals surface area contributed by atoms with Gasteiger partial charge in [-0.3, -0.25) is 0 Å². The minimum Gasteiger partial charge on any atom is -0.367 e. The molecule has 0 spiro atoms. The Morgan fingerprint density at radius 2 is 2.18 bits per heavy atom. The lowest BCUT2D eigenvalue weighted by Crippen LogP contribution is -2.29. The number of rotatable bonds is 4. The normalized spacial score (nSPS) is 35.0. The Bertz CT molecular complexity index is 454. The molecule has 1 aliphatic carbocycles. The summed E-state index contributed by atoms with van der Waals surface area (Å²) in [5.74, 6) is 1.31. The van der Waals surface area contributed by atoms with Crippen LogP contribution in [0.25, 0.3) is 0 Å². The fourth-order valence-corrected chi connectivity index (χ4v) is 3.82. The minimum absolute atomic E-state index is 0.195. The van der Waals surface area contributed by atoms with Gasteiger partial charge in [-0.05, 0) is 70.3 Å². The van der Waals surface area contributed by atoms with Crippen molar-refractivity contribution in [2.24, 2.45) is 17.8 Å². The SMILES string of the molecule is CC(C)=CCC[C@H](C)[C@H]1CC/C(C)=C/C/C=C2/COC(O)C21. The molecule has 0 bridgehead atoms. The first kappa shape index (κ1) is 17.5. The van der Waals surface area contributed by atoms with Gasteiger partial charge in [-0.25, -0.2) is 0 Å². The molecule has 124 valence electrons. The van der Waals surface area contributed by atoms with Crippen molar-refractivity contribution in [1.82, 2.24) is 0 Å². The lowest BCUT2D eigenvalue weighted by molar-refractivity contribution is -0.0976. The van der Waals surface area contributed by atoms with Crippen LogP contribution >= 0.6 is 0 Å². The van der Waals surface area contributed by atoms with Gasteiger partial charge in [-0.2, -0.15) is 0 Å². The van der Waals surface area contributed by atoms with Crippen molar-refractivity contribution in [3.8, 4) is 0 Å². The van der Waals surface area contributed by atoms with Crippen LogP contribution in [0.4, 0.5) is 0 Å². The van der Waals surface area contributed by atoms with Gasteiger partial charge in [0.25, 0.3) is 0 Å². The van der Waals surface area contributed by atoms with E-state index in [1.807, 2.05) is 0 Å². The molecule has 1 aliphatic heterocycles. The number of fused-ring (bicyclic) bond motifs is 1. The molecule has 0 amide bonds. The van der Waals surface area contributed by atoms with E-state index in [-0.39, 0.29) is 5.92 Å². The molecule has 2 aliphatic rings. The van der Waals surface area contributed by atoms with Crippen molar-refractivity contribution in [2.75, 3.05) is 6.61 Å². The van der Waals surface area contributed by atoms with Crippen LogP contribution in [0.3, 0.4) is 0 Å². The van der Waals surface area contributed by atoms with Gasteiger partial charge in [-0.15, -0.1) is 0 Å². The molecule has 22 heavy (non-hydrogen) atoms. The number of aliphatic hydroxyl groups is 1. The van der Waals surface area contributed by atoms with E-state index in [9.17, 15) is 5.11 Å². The van der Waals surface area contributed by atoms with Gasteiger partial charge in [0.15, 0.2) is 6.29 Å². The summed E-state index contributed by atoms with van der Waals surface area (Å²) in [7, 11) is 0. The summed E-state index contributed by atoms with van der Waals surface area (Å²) in [5, 5.41) is 10.3. The molecule has 1 saturated heterocycles. The second-order valence-electron chi connectivity index (χ2n) is 7.33. The highest BCUT2D eigenvalue weighted by molar-refractivity contribution is 5.18. The Hall–Kier alpha value is -0.860. The molecule has 2 unspecified atom stereocenters. The summed E-state index contributed by atoms with van der Waals surface area (Å²) in [6, 6.07) is 0. The van der Waals surface area contributed by atoms with Crippen LogP contribution in [-0.2, 0) is 4.74 Å². The molecule has 0 aromatic heterocycles. The highest BCUT2D eigenvalue weighted by atomic mass is 16.6. The van der Waals surface area contributed by atoms with Gasteiger partial charge < -0.3 is 9.84 Å². The first-order valence-electron chi connectivity index (χ1n) is 8.76. The van der Waals surface area contributed by atoms with Crippen LogP contribution in [0.2, 0.25) is 0 Å². The zero-order valence-electron chi connectivity index (χ0n) is 14.6. The Labute approximate surface area is 136 Å². The molecule has 1 fully saturated rings. The predicted molar refractivity (Wildman–Crippen MR) is 92.5 cm³/mol. The van der Waals surface area contributed by atoms with Crippen LogP contribution in [0.5, 0.6) is 0 Å². The quantitative estimate of drug-likeness (QED) is 0.740. The lowest BCUT2D eigenvalue weighted by Gasteiger charge is -2.31. The van der Waals surface area contributed by atoms with Crippen molar-refractivity contribution in [3.63, 3.8) is 0 Å². The van der Waals surface area contributed by atoms with E-state index in [4.69, 9.17) is 4.74 Å². The smallest absolute Gasteiger partial charge is 0.161 e. The van der Waals surface area contributed by atoms with E-state index in [1.165, 1.54) is 23.1 Å². The molecule has 1 heterocycles. The maximum atomic E-state index is 10.3. The van der Waals surface area contributed by atoms with Crippen LogP contribution in [0.1, 0.15) is 59.8 Å². The monoisotopic (exact) mass is 304 g/mol. The molecular formula is C20H32O2. The Morgan fingerprint density at radius 3 is 2.91 bits per heavy atom. The zero-order chi connectivity index (χ0) is 16.1. The van der Waals surface area contributed by atoms with E-state index in [0.29, 0.717) is 18.4 Å². The number of hydrogen-bond donors (Lipinski definition) is 1. The van der Waals surface area contributed by atoms with E-state index in [2.05, 4.69) is 45.9 Å². The Kier molecular flexibility index (Phi) is 6.46. The predicted octanol–water partition coefficient (Wildman–Crippen LogP) is 5.01. The van der Waals surface area contributed by atoms with Crippen molar-refractivity contribution in [2.45, 2.75) is 66.1 Å². The minimum atomic E-state index is -0.611. The fourth-order valence-electron chi connectivity index (χ4n) is 3.82. The topological polar surface area (TPSA) is 29.5 Å². The summed E-state index contributed by atoms with van der Waals surface area (Å²) < 4.78 is 5.56. The molecule has 1 N–H and O–H groups in total. The third kappa shape index (κ3) is 4.57. The number of ether oxygens (including phenoxy) is 1. The molecule has 0 saturated carbocycles. The van der Waals surface area contributed by atoms with Gasteiger partial charge >= 0.3 is 0 Å². The molecule has 2 rings (SSSR count). The number of hydrogen-bond acceptors (Lipinski definition) is 2. The fraction of sp³-hybridized carbons (Fsp3) is 0.700. The molecule has 0 aromatic carbocycles. The van der Waals surface area contributed by atoms with Crippen molar-refractivity contribution in [1.29, 1.82) is 0 Å². The van der Waals surface area contributed by atoms with Crippen molar-refractivity contribution >= 4 is 0 Å². The summed E-state index contributed by atoms with van der Waals surface area (Å²) in [4.78, 5) is 0. The van der Waals surface area contributed by atoms with Crippen LogP contribution in [0, 0.1) is 17.8 Å². The zero-order valence-corrected chi connectivity index (χ0v) is 14.6. The number of allylic oxidation sites excluding steroid dienone is 5. The maximum absolute atomic E-state index is 10.3. The second-order valence-corrected chi connectivity index (χ2v) is 7.33. The highest BCUT2D eigenvalue weighted by Gasteiger charge is 2.39. The van der Waals surface area contributed by atoms with Crippen LogP contribution in [-0.4, -0.2) is 18.0 Å². The molecule has 2 heteroatoms. The van der Waals surface area contributed by atoms with E-state index < -0.39 is 6.29 Å². The third-order valence-corrected chi connectivity index (χ3v) is 5.24. The van der Waals surface area contributed by atoms with Crippen LogP contribution < -0.4 is 0 Å². The first-order valence-corrected chi connectivity index (χ1v) is 8.76. The molecule has 0 aromatic rings. The first-order chi connectivity index (χ1) is 10.5. The van der Waals surface area contributed by atoms with Gasteiger partial charge in [0.05, 0.1) is 6.61 Å². The van der Waals surface area contributed by atoms with Crippen molar-refractivity contribution < 1.29 is 9.84 Å². The summed E-state index contributed by atoms with van der Waals surface area (Å²) >= 11 is 0.